The summed E-state index contributed by atoms with van der Waals surface area (Å²) in [5.41, 5.74) is 4.09. The number of hydrogen-bond acceptors (Lipinski definition) is 5. The lowest BCUT2D eigenvalue weighted by Gasteiger charge is -2.17. The highest BCUT2D eigenvalue weighted by molar-refractivity contribution is 5.95. The molecule has 3 aromatic carbocycles. The van der Waals surface area contributed by atoms with Crippen LogP contribution in [0.1, 0.15) is 39.9 Å². The zero-order valence-corrected chi connectivity index (χ0v) is 18.5. The maximum absolute atomic E-state index is 13.4. The van der Waals surface area contributed by atoms with E-state index in [1.165, 1.54) is 6.07 Å². The average molecular weight is 444 g/mol. The Kier molecular flexibility index (Phi) is 5.08. The number of aromatic carboxylic acids is 1. The van der Waals surface area contributed by atoms with Crippen molar-refractivity contribution in [3.8, 4) is 28.4 Å². The second-order valence-electron chi connectivity index (χ2n) is 8.62. The van der Waals surface area contributed by atoms with Crippen LogP contribution in [0.15, 0.2) is 54.6 Å². The van der Waals surface area contributed by atoms with Gasteiger partial charge in [-0.3, -0.25) is 4.79 Å². The molecule has 33 heavy (non-hydrogen) atoms. The first kappa shape index (κ1) is 21.1. The predicted molar refractivity (Wildman–Crippen MR) is 122 cm³/mol. The van der Waals surface area contributed by atoms with Crippen molar-refractivity contribution >= 4 is 11.8 Å². The number of carbonyl (C=O) groups excluding carboxylic acids is 1. The molecular weight excluding hydrogens is 420 g/mol. The number of hydrogen-bond donors (Lipinski definition) is 1. The standard InChI is InChI=1S/C27H24O6/c1-16-3-4-17(11-20(16)21-13-18(26(29)30)5-7-22(21)31-2)12-25(28)27(9-10-27)19-6-8-23-24(14-19)33-15-32-23/h3-8,11,13-14H,9-10,12,15H2,1-2H3,(H,29,30). The van der Waals surface area contributed by atoms with E-state index in [4.69, 9.17) is 14.2 Å². The van der Waals surface area contributed by atoms with Crippen molar-refractivity contribution in [2.75, 3.05) is 13.9 Å². The number of carboxylic acids is 1. The van der Waals surface area contributed by atoms with Gasteiger partial charge in [-0.1, -0.05) is 24.3 Å². The number of ketones is 1. The highest BCUT2D eigenvalue weighted by Gasteiger charge is 2.50. The SMILES string of the molecule is COc1ccc(C(=O)O)cc1-c1cc(CC(=O)C2(c3ccc4c(c3)OCO4)CC2)ccc1C. The molecule has 6 nitrogen and oxygen atoms in total. The van der Waals surface area contributed by atoms with Crippen LogP contribution in [0.4, 0.5) is 0 Å². The minimum absolute atomic E-state index is 0.169. The summed E-state index contributed by atoms with van der Waals surface area (Å²) in [4.78, 5) is 24.9. The minimum atomic E-state index is -0.998. The van der Waals surface area contributed by atoms with Crippen LogP contribution in [0.5, 0.6) is 17.2 Å². The van der Waals surface area contributed by atoms with E-state index < -0.39 is 11.4 Å². The van der Waals surface area contributed by atoms with Crippen LogP contribution in [0, 0.1) is 6.92 Å². The van der Waals surface area contributed by atoms with Gasteiger partial charge in [-0.05, 0) is 72.4 Å². The van der Waals surface area contributed by atoms with Gasteiger partial charge in [0.2, 0.25) is 6.79 Å². The molecule has 5 rings (SSSR count). The van der Waals surface area contributed by atoms with Crippen LogP contribution in [-0.4, -0.2) is 30.8 Å². The van der Waals surface area contributed by atoms with E-state index in [-0.39, 0.29) is 18.1 Å². The number of carboxylic acid groups (broad SMARTS) is 1. The number of fused-ring (bicyclic) bond motifs is 1. The highest BCUT2D eigenvalue weighted by Crippen LogP contribution is 2.51. The average Bonchev–Trinajstić information content (AvgIpc) is 3.50. The van der Waals surface area contributed by atoms with Crippen LogP contribution in [-0.2, 0) is 16.6 Å². The quantitative estimate of drug-likeness (QED) is 0.556. The highest BCUT2D eigenvalue weighted by atomic mass is 16.7. The summed E-state index contributed by atoms with van der Waals surface area (Å²) in [7, 11) is 1.56. The molecule has 1 saturated carbocycles. The van der Waals surface area contributed by atoms with Crippen molar-refractivity contribution in [1.29, 1.82) is 0 Å². The number of Topliss-reactive ketones (excluding diaryl/α,β-unsaturated/α-hetero) is 1. The molecule has 3 aromatic rings. The van der Waals surface area contributed by atoms with Gasteiger partial charge in [-0.25, -0.2) is 4.79 Å². The van der Waals surface area contributed by atoms with Crippen molar-refractivity contribution < 1.29 is 28.9 Å². The van der Waals surface area contributed by atoms with Crippen LogP contribution in [0.2, 0.25) is 0 Å². The summed E-state index contributed by atoms with van der Waals surface area (Å²) in [5, 5.41) is 9.42. The molecule has 0 bridgehead atoms. The predicted octanol–water partition coefficient (Wildman–Crippen LogP) is 4.94. The summed E-state index contributed by atoms with van der Waals surface area (Å²) in [6, 6.07) is 16.4. The molecule has 6 heteroatoms. The van der Waals surface area contributed by atoms with Gasteiger partial charge < -0.3 is 19.3 Å². The molecule has 0 saturated heterocycles. The number of ether oxygens (including phenoxy) is 3. The van der Waals surface area contributed by atoms with E-state index >= 15 is 0 Å². The van der Waals surface area contributed by atoms with Crippen molar-refractivity contribution in [3.05, 3.63) is 76.9 Å². The van der Waals surface area contributed by atoms with Crippen LogP contribution in [0.3, 0.4) is 0 Å². The smallest absolute Gasteiger partial charge is 0.335 e. The van der Waals surface area contributed by atoms with Gasteiger partial charge in [0.1, 0.15) is 11.5 Å². The molecule has 1 heterocycles. The first-order valence-electron chi connectivity index (χ1n) is 10.9. The Morgan fingerprint density at radius 2 is 1.76 bits per heavy atom. The minimum Gasteiger partial charge on any atom is -0.496 e. The first-order chi connectivity index (χ1) is 15.9. The van der Waals surface area contributed by atoms with Gasteiger partial charge in [0.05, 0.1) is 18.1 Å². The molecule has 168 valence electrons. The van der Waals surface area contributed by atoms with Crippen LogP contribution in [0.25, 0.3) is 11.1 Å². The molecule has 2 aliphatic rings. The summed E-state index contributed by atoms with van der Waals surface area (Å²) in [5.74, 6) is 1.16. The second-order valence-corrected chi connectivity index (χ2v) is 8.62. The largest absolute Gasteiger partial charge is 0.496 e. The lowest BCUT2D eigenvalue weighted by atomic mass is 9.86. The maximum Gasteiger partial charge on any atom is 0.335 e. The molecule has 0 aromatic heterocycles. The van der Waals surface area contributed by atoms with Crippen molar-refractivity contribution in [2.24, 2.45) is 0 Å². The van der Waals surface area contributed by atoms with Crippen LogP contribution < -0.4 is 14.2 Å². The summed E-state index contributed by atoms with van der Waals surface area (Å²) in [6.45, 7) is 2.17. The Labute approximate surface area is 191 Å². The monoisotopic (exact) mass is 444 g/mol. The van der Waals surface area contributed by atoms with Gasteiger partial charge in [-0.15, -0.1) is 0 Å². The molecule has 1 aliphatic carbocycles. The molecular formula is C27H24O6. The van der Waals surface area contributed by atoms with Gasteiger partial charge >= 0.3 is 5.97 Å². The summed E-state index contributed by atoms with van der Waals surface area (Å²) in [6.07, 6.45) is 1.93. The third-order valence-corrected chi connectivity index (χ3v) is 6.61. The first-order valence-corrected chi connectivity index (χ1v) is 10.9. The van der Waals surface area contributed by atoms with Gasteiger partial charge in [0, 0.05) is 12.0 Å². The summed E-state index contributed by atoms with van der Waals surface area (Å²) < 4.78 is 16.4. The Bertz CT molecular complexity index is 1270. The topological polar surface area (TPSA) is 82.1 Å². The zero-order chi connectivity index (χ0) is 23.2. The number of aryl methyl sites for hydroxylation is 1. The van der Waals surface area contributed by atoms with Gasteiger partial charge in [0.15, 0.2) is 11.5 Å². The van der Waals surface area contributed by atoms with E-state index in [0.717, 1.165) is 35.1 Å². The Hall–Kier alpha value is -3.80. The van der Waals surface area contributed by atoms with Crippen molar-refractivity contribution in [3.63, 3.8) is 0 Å². The fourth-order valence-corrected chi connectivity index (χ4v) is 4.52. The molecule has 0 unspecified atom stereocenters. The number of methoxy groups -OCH3 is 1. The van der Waals surface area contributed by atoms with E-state index in [0.29, 0.717) is 29.2 Å². The molecule has 0 spiro atoms. The molecule has 1 aliphatic heterocycles. The molecule has 0 radical (unpaired) electrons. The van der Waals surface area contributed by atoms with E-state index in [1.807, 2.05) is 43.3 Å². The molecule has 0 amide bonds. The van der Waals surface area contributed by atoms with Gasteiger partial charge in [-0.2, -0.15) is 0 Å². The van der Waals surface area contributed by atoms with E-state index in [2.05, 4.69) is 0 Å². The lowest BCUT2D eigenvalue weighted by molar-refractivity contribution is -0.120. The third-order valence-electron chi connectivity index (χ3n) is 6.61. The molecule has 1 N–H and O–H groups in total. The van der Waals surface area contributed by atoms with Gasteiger partial charge in [0.25, 0.3) is 0 Å². The Balaban J connectivity index is 1.45. The normalized spacial score (nSPS) is 15.2. The molecule has 1 fully saturated rings. The van der Waals surface area contributed by atoms with E-state index in [1.54, 1.807) is 19.2 Å². The fourth-order valence-electron chi connectivity index (χ4n) is 4.52. The summed E-state index contributed by atoms with van der Waals surface area (Å²) >= 11 is 0. The fraction of sp³-hybridized carbons (Fsp3) is 0.259. The zero-order valence-electron chi connectivity index (χ0n) is 18.5. The third kappa shape index (κ3) is 3.71. The lowest BCUT2D eigenvalue weighted by Crippen LogP contribution is -2.22. The van der Waals surface area contributed by atoms with Crippen molar-refractivity contribution in [2.45, 2.75) is 31.6 Å². The van der Waals surface area contributed by atoms with Crippen LogP contribution >= 0.6 is 0 Å². The number of benzene rings is 3. The number of rotatable bonds is 7. The van der Waals surface area contributed by atoms with E-state index in [9.17, 15) is 14.7 Å². The Morgan fingerprint density at radius 3 is 2.48 bits per heavy atom. The van der Waals surface area contributed by atoms with Crippen molar-refractivity contribution in [1.82, 2.24) is 0 Å². The maximum atomic E-state index is 13.4. The Morgan fingerprint density at radius 1 is 0.970 bits per heavy atom. The second kappa shape index (κ2) is 7.96. The molecule has 0 atom stereocenters. The number of carbonyl (C=O) groups is 2.